The van der Waals surface area contributed by atoms with Crippen LogP contribution in [0.3, 0.4) is 0 Å². The molecule has 40 heavy (non-hydrogen) atoms. The van der Waals surface area contributed by atoms with Gasteiger partial charge in [-0.15, -0.1) is 0 Å². The highest BCUT2D eigenvalue weighted by molar-refractivity contribution is 6.38. The molecule has 2 saturated heterocycles. The minimum atomic E-state index is -1.83. The van der Waals surface area contributed by atoms with Crippen molar-refractivity contribution < 1.29 is 24.6 Å². The Kier molecular flexibility index (Phi) is 7.17. The molecule has 0 radical (unpaired) electrons. The number of hydrogen-bond donors (Lipinski definition) is 3. The number of aliphatic hydroxyl groups is 1. The first-order chi connectivity index (χ1) is 18.5. The average molecular weight is 629 g/mol. The summed E-state index contributed by atoms with van der Waals surface area (Å²) in [5, 5.41) is 25.7. The highest BCUT2D eigenvalue weighted by Crippen LogP contribution is 2.60. The predicted octanol–water partition coefficient (Wildman–Crippen LogP) is 5.68. The lowest BCUT2D eigenvalue weighted by Gasteiger charge is -2.37. The Balaban J connectivity index is 1.74. The molecule has 5 rings (SSSR count). The first kappa shape index (κ1) is 29.4. The van der Waals surface area contributed by atoms with Gasteiger partial charge in [-0.2, -0.15) is 0 Å². The molecule has 3 aliphatic rings. The normalized spacial score (nSPS) is 29.4. The van der Waals surface area contributed by atoms with Crippen LogP contribution in [0.2, 0.25) is 20.1 Å². The molecular weight excluding hydrogens is 600 g/mol. The molecular formula is C28H29Cl4N3O5. The first-order valence-electron chi connectivity index (χ1n) is 12.8. The van der Waals surface area contributed by atoms with Crippen LogP contribution < -0.4 is 10.2 Å². The van der Waals surface area contributed by atoms with Crippen LogP contribution in [0.15, 0.2) is 30.3 Å². The second-order valence-electron chi connectivity index (χ2n) is 12.4. The van der Waals surface area contributed by atoms with Gasteiger partial charge in [0.05, 0.1) is 22.2 Å². The molecule has 12 heteroatoms. The average Bonchev–Trinajstić information content (AvgIpc) is 3.37. The maximum Gasteiger partial charge on any atom is 0.310 e. The van der Waals surface area contributed by atoms with E-state index < -0.39 is 52.2 Å². The van der Waals surface area contributed by atoms with Crippen molar-refractivity contribution >= 4 is 75.6 Å². The van der Waals surface area contributed by atoms with E-state index in [2.05, 4.69) is 5.32 Å². The Hall–Kier alpha value is -2.07. The number of carboxylic acid groups (broad SMARTS) is 1. The van der Waals surface area contributed by atoms with E-state index in [4.69, 9.17) is 46.4 Å². The van der Waals surface area contributed by atoms with Gasteiger partial charge in [0, 0.05) is 45.5 Å². The fraction of sp³-hybridized carbons (Fsp3) is 0.464. The van der Waals surface area contributed by atoms with Crippen LogP contribution in [-0.2, 0) is 19.9 Å². The zero-order chi connectivity index (χ0) is 29.5. The molecule has 0 unspecified atom stereocenters. The van der Waals surface area contributed by atoms with Crippen molar-refractivity contribution in [3.8, 4) is 0 Å². The van der Waals surface area contributed by atoms with E-state index in [1.54, 1.807) is 30.0 Å². The largest absolute Gasteiger partial charge is 0.481 e. The molecule has 1 spiro atoms. The molecule has 2 aromatic carbocycles. The summed E-state index contributed by atoms with van der Waals surface area (Å²) in [6.07, 6.45) is 0.0749. The fourth-order valence-electron chi connectivity index (χ4n) is 6.69. The lowest BCUT2D eigenvalue weighted by molar-refractivity contribution is -0.153. The van der Waals surface area contributed by atoms with E-state index in [1.165, 1.54) is 17.0 Å². The quantitative estimate of drug-likeness (QED) is 0.402. The molecule has 214 valence electrons. The molecule has 2 amide bonds. The van der Waals surface area contributed by atoms with Crippen LogP contribution in [-0.4, -0.2) is 57.6 Å². The number of carboxylic acids is 1. The maximum absolute atomic E-state index is 14.7. The minimum Gasteiger partial charge on any atom is -0.481 e. The summed E-state index contributed by atoms with van der Waals surface area (Å²) >= 11 is 25.4. The number of amides is 2. The van der Waals surface area contributed by atoms with Gasteiger partial charge in [0.1, 0.15) is 11.5 Å². The highest BCUT2D eigenvalue weighted by Gasteiger charge is 2.73. The van der Waals surface area contributed by atoms with Gasteiger partial charge in [0.15, 0.2) is 0 Å². The summed E-state index contributed by atoms with van der Waals surface area (Å²) in [6.45, 7) is 7.62. The Labute approximate surface area is 252 Å². The Morgan fingerprint density at radius 1 is 1.07 bits per heavy atom. The maximum atomic E-state index is 14.7. The van der Waals surface area contributed by atoms with Crippen molar-refractivity contribution in [3.05, 3.63) is 56.0 Å². The van der Waals surface area contributed by atoms with Crippen molar-refractivity contribution in [2.75, 3.05) is 23.3 Å². The van der Waals surface area contributed by atoms with Crippen LogP contribution in [0, 0.1) is 17.3 Å². The van der Waals surface area contributed by atoms with Gasteiger partial charge >= 0.3 is 5.97 Å². The van der Waals surface area contributed by atoms with Gasteiger partial charge in [-0.25, -0.2) is 0 Å². The van der Waals surface area contributed by atoms with Crippen LogP contribution in [0.5, 0.6) is 0 Å². The molecule has 0 aromatic heterocycles. The molecule has 0 aliphatic carbocycles. The van der Waals surface area contributed by atoms with Crippen LogP contribution in [0.1, 0.15) is 39.7 Å². The fourth-order valence-corrected chi connectivity index (χ4v) is 7.74. The number of aliphatic carboxylic acids is 1. The van der Waals surface area contributed by atoms with Crippen molar-refractivity contribution in [1.29, 1.82) is 0 Å². The van der Waals surface area contributed by atoms with Gasteiger partial charge in [-0.05, 0) is 49.1 Å². The lowest BCUT2D eigenvalue weighted by atomic mass is 9.72. The Bertz CT molecular complexity index is 1420. The first-order valence-corrected chi connectivity index (χ1v) is 14.3. The van der Waals surface area contributed by atoms with E-state index in [0.717, 1.165) is 0 Å². The highest BCUT2D eigenvalue weighted by atomic mass is 35.5. The number of fused-ring (bicyclic) bond motifs is 4. The molecule has 3 heterocycles. The number of nitrogens with zero attached hydrogens (tertiary/aromatic N) is 2. The van der Waals surface area contributed by atoms with Crippen molar-refractivity contribution in [2.24, 2.45) is 17.3 Å². The second kappa shape index (κ2) is 9.75. The molecule has 3 aliphatic heterocycles. The summed E-state index contributed by atoms with van der Waals surface area (Å²) < 4.78 is 0. The van der Waals surface area contributed by atoms with Gasteiger partial charge in [-0.3, -0.25) is 19.3 Å². The van der Waals surface area contributed by atoms with E-state index in [1.807, 2.05) is 20.8 Å². The van der Waals surface area contributed by atoms with Crippen molar-refractivity contribution in [1.82, 2.24) is 4.90 Å². The standard InChI is InChI=1S/C28H29Cl4N3O5/c1-26(2,3)11-34(16-6-13(29)5-14(30)7-16)23(36)20-19-10-27(4,40)12-35(19)28(21(20)24(37)38)17-8-15(31)9-18(32)22(17)33-25(28)39/h5-9,19-21,40H,10-12H2,1-4H3,(H,33,39)(H,37,38)/t19-,20+,21-,27+,28+/m1/s1. The predicted molar refractivity (Wildman–Crippen MR) is 155 cm³/mol. The molecule has 0 bridgehead atoms. The lowest BCUT2D eigenvalue weighted by Crippen LogP contribution is -2.55. The number of halogens is 4. The number of carbonyl (C=O) groups excluding carboxylic acids is 2. The Morgan fingerprint density at radius 2 is 1.68 bits per heavy atom. The van der Waals surface area contributed by atoms with Crippen molar-refractivity contribution in [2.45, 2.75) is 51.3 Å². The summed E-state index contributed by atoms with van der Waals surface area (Å²) in [4.78, 5) is 45.0. The summed E-state index contributed by atoms with van der Waals surface area (Å²) in [5.41, 5.74) is -2.61. The van der Waals surface area contributed by atoms with E-state index in [9.17, 15) is 24.6 Å². The summed E-state index contributed by atoms with van der Waals surface area (Å²) in [5.74, 6) is -5.22. The number of hydrogen-bond acceptors (Lipinski definition) is 5. The Morgan fingerprint density at radius 3 is 2.25 bits per heavy atom. The number of anilines is 2. The minimum absolute atomic E-state index is 0.0372. The number of carbonyl (C=O) groups is 3. The second-order valence-corrected chi connectivity index (χ2v) is 14.1. The van der Waals surface area contributed by atoms with E-state index in [0.29, 0.717) is 15.7 Å². The van der Waals surface area contributed by atoms with E-state index in [-0.39, 0.29) is 40.8 Å². The summed E-state index contributed by atoms with van der Waals surface area (Å²) in [6, 6.07) is 6.92. The zero-order valence-electron chi connectivity index (χ0n) is 22.3. The monoisotopic (exact) mass is 627 g/mol. The van der Waals surface area contributed by atoms with Crippen LogP contribution in [0.25, 0.3) is 0 Å². The van der Waals surface area contributed by atoms with Gasteiger partial charge < -0.3 is 20.4 Å². The molecule has 2 fully saturated rings. The molecule has 5 atom stereocenters. The van der Waals surface area contributed by atoms with Crippen LogP contribution in [0.4, 0.5) is 11.4 Å². The van der Waals surface area contributed by atoms with Gasteiger partial charge in [0.2, 0.25) is 5.91 Å². The summed E-state index contributed by atoms with van der Waals surface area (Å²) in [7, 11) is 0. The van der Waals surface area contributed by atoms with Crippen LogP contribution >= 0.6 is 46.4 Å². The molecule has 2 aromatic rings. The third-order valence-electron chi connectivity index (χ3n) is 7.90. The smallest absolute Gasteiger partial charge is 0.310 e. The third kappa shape index (κ3) is 4.67. The number of rotatable bonds is 4. The SMILES string of the molecule is CC(C)(C)CN(C(=O)[C@H]1[C@H]2C[C@](C)(O)CN2[C@]2(C(=O)Nc3c(Cl)cc(Cl)cc32)[C@H]1C(=O)O)c1cc(Cl)cc(Cl)c1. The molecule has 0 saturated carbocycles. The van der Waals surface area contributed by atoms with E-state index >= 15 is 0 Å². The molecule has 8 nitrogen and oxygen atoms in total. The zero-order valence-corrected chi connectivity index (χ0v) is 25.3. The topological polar surface area (TPSA) is 110 Å². The number of benzene rings is 2. The molecule has 3 N–H and O–H groups in total. The van der Waals surface area contributed by atoms with Crippen molar-refractivity contribution in [3.63, 3.8) is 0 Å². The third-order valence-corrected chi connectivity index (χ3v) is 8.85. The number of nitrogens with one attached hydrogen (secondary N) is 1. The van der Waals surface area contributed by atoms with Gasteiger partial charge in [0.25, 0.3) is 5.91 Å². The van der Waals surface area contributed by atoms with Gasteiger partial charge in [-0.1, -0.05) is 67.2 Å².